The van der Waals surface area contributed by atoms with Crippen LogP contribution in [-0.4, -0.2) is 49.1 Å². The van der Waals surface area contributed by atoms with Crippen LogP contribution < -0.4 is 15.4 Å². The number of ether oxygens (including phenoxy) is 2. The molecule has 4 rings (SSSR count). The van der Waals surface area contributed by atoms with Crippen LogP contribution in [0.3, 0.4) is 0 Å². The molecule has 0 radical (unpaired) electrons. The number of fused-ring (bicyclic) bond motifs is 1. The molecule has 1 atom stereocenters. The molecule has 0 unspecified atom stereocenters. The summed E-state index contributed by atoms with van der Waals surface area (Å²) >= 11 is 0. The van der Waals surface area contributed by atoms with Crippen LogP contribution in [0.5, 0.6) is 5.75 Å². The van der Waals surface area contributed by atoms with Crippen molar-refractivity contribution in [3.05, 3.63) is 84.3 Å². The van der Waals surface area contributed by atoms with E-state index in [1.165, 1.54) is 31.5 Å². The van der Waals surface area contributed by atoms with Crippen molar-refractivity contribution in [2.45, 2.75) is 24.9 Å². The van der Waals surface area contributed by atoms with E-state index in [2.05, 4.69) is 44.5 Å². The number of nitrogens with zero attached hydrogens (tertiary/aromatic N) is 3. The minimum Gasteiger partial charge on any atom is -0.494 e. The Morgan fingerprint density at radius 2 is 2.03 bits per heavy atom. The average molecular weight is 506 g/mol. The minimum atomic E-state index is -0.609. The third-order valence-corrected chi connectivity index (χ3v) is 6.18. The van der Waals surface area contributed by atoms with Crippen molar-refractivity contribution < 1.29 is 18.3 Å². The molecule has 2 N–H and O–H groups in total. The zero-order valence-corrected chi connectivity index (χ0v) is 20.9. The van der Waals surface area contributed by atoms with Crippen molar-refractivity contribution in [2.24, 2.45) is 4.99 Å². The van der Waals surface area contributed by atoms with Gasteiger partial charge >= 0.3 is 0 Å². The number of aliphatic imine (C=N–C) groups is 1. The van der Waals surface area contributed by atoms with E-state index < -0.39 is 17.7 Å². The van der Waals surface area contributed by atoms with Gasteiger partial charge in [-0.2, -0.15) is 0 Å². The number of hydrogen-bond donors (Lipinski definition) is 2. The predicted molar refractivity (Wildman–Crippen MR) is 142 cm³/mol. The SMILES string of the molecule is C=C=C/C(=N\C)[C@H](NC(=C)c1cc(F)c2cnc(NC3CCOCC3)nc2c1)c1ccc(OC)c(F)c1. The maximum Gasteiger partial charge on any atom is 0.223 e. The molecule has 9 heteroatoms. The third-order valence-electron chi connectivity index (χ3n) is 6.18. The summed E-state index contributed by atoms with van der Waals surface area (Å²) in [6.07, 6.45) is 4.77. The molecule has 0 amide bonds. The lowest BCUT2D eigenvalue weighted by atomic mass is 9.99. The number of rotatable bonds is 9. The zero-order valence-electron chi connectivity index (χ0n) is 20.9. The van der Waals surface area contributed by atoms with E-state index >= 15 is 4.39 Å². The van der Waals surface area contributed by atoms with Crippen LogP contribution in [-0.2, 0) is 4.74 Å². The van der Waals surface area contributed by atoms with Crippen molar-refractivity contribution in [2.75, 3.05) is 32.7 Å². The highest BCUT2D eigenvalue weighted by molar-refractivity contribution is 6.00. The molecular formula is C28H29F2N5O2. The topological polar surface area (TPSA) is 80.7 Å². The van der Waals surface area contributed by atoms with E-state index in [4.69, 9.17) is 9.47 Å². The summed E-state index contributed by atoms with van der Waals surface area (Å²) in [5.41, 5.74) is 5.13. The van der Waals surface area contributed by atoms with Crippen molar-refractivity contribution in [1.29, 1.82) is 0 Å². The molecule has 1 aromatic heterocycles. The first-order chi connectivity index (χ1) is 17.9. The molecule has 3 aromatic rings. The summed E-state index contributed by atoms with van der Waals surface area (Å²) in [4.78, 5) is 13.1. The quantitative estimate of drug-likeness (QED) is 0.307. The molecular weight excluding hydrogens is 476 g/mol. The monoisotopic (exact) mass is 505 g/mol. The molecule has 2 aromatic carbocycles. The molecule has 1 aliphatic rings. The van der Waals surface area contributed by atoms with Crippen LogP contribution in [0.15, 0.2) is 66.5 Å². The highest BCUT2D eigenvalue weighted by Gasteiger charge is 2.21. The highest BCUT2D eigenvalue weighted by atomic mass is 19.1. The van der Waals surface area contributed by atoms with E-state index in [9.17, 15) is 4.39 Å². The first kappa shape index (κ1) is 26.0. The Labute approximate surface area is 214 Å². The van der Waals surface area contributed by atoms with Gasteiger partial charge in [-0.3, -0.25) is 4.99 Å². The van der Waals surface area contributed by atoms with Crippen LogP contribution in [0.4, 0.5) is 14.7 Å². The zero-order chi connectivity index (χ0) is 26.4. The third kappa shape index (κ3) is 6.02. The van der Waals surface area contributed by atoms with Crippen LogP contribution in [0.1, 0.15) is 30.0 Å². The first-order valence-electron chi connectivity index (χ1n) is 11.9. The van der Waals surface area contributed by atoms with Crippen molar-refractivity contribution in [3.8, 4) is 5.75 Å². The molecule has 1 saturated heterocycles. The minimum absolute atomic E-state index is 0.122. The Morgan fingerprint density at radius 1 is 1.24 bits per heavy atom. The van der Waals surface area contributed by atoms with Gasteiger partial charge in [0.1, 0.15) is 5.82 Å². The fraction of sp³-hybridized carbons (Fsp3) is 0.286. The van der Waals surface area contributed by atoms with Crippen molar-refractivity contribution >= 4 is 28.3 Å². The summed E-state index contributed by atoms with van der Waals surface area (Å²) in [6.45, 7) is 9.09. The lowest BCUT2D eigenvalue weighted by Gasteiger charge is -2.23. The second-order valence-electron chi connectivity index (χ2n) is 8.56. The Kier molecular flexibility index (Phi) is 8.28. The van der Waals surface area contributed by atoms with Gasteiger partial charge in [0.25, 0.3) is 0 Å². The molecule has 1 aliphatic heterocycles. The van der Waals surface area contributed by atoms with Gasteiger partial charge in [-0.25, -0.2) is 18.7 Å². The molecule has 37 heavy (non-hydrogen) atoms. The molecule has 0 aliphatic carbocycles. The van der Waals surface area contributed by atoms with Gasteiger partial charge in [0.2, 0.25) is 5.95 Å². The summed E-state index contributed by atoms with van der Waals surface area (Å²) in [5, 5.41) is 6.86. The van der Waals surface area contributed by atoms with E-state index in [0.717, 1.165) is 12.8 Å². The van der Waals surface area contributed by atoms with Gasteiger partial charge in [-0.1, -0.05) is 19.2 Å². The summed E-state index contributed by atoms with van der Waals surface area (Å²) in [6, 6.07) is 7.30. The maximum absolute atomic E-state index is 15.0. The maximum atomic E-state index is 15.0. The number of hydrogen-bond acceptors (Lipinski definition) is 7. The second kappa shape index (κ2) is 11.8. The lowest BCUT2D eigenvalue weighted by molar-refractivity contribution is 0.0903. The van der Waals surface area contributed by atoms with Crippen molar-refractivity contribution in [1.82, 2.24) is 15.3 Å². The second-order valence-corrected chi connectivity index (χ2v) is 8.56. The summed E-state index contributed by atoms with van der Waals surface area (Å²) < 4.78 is 40.0. The summed E-state index contributed by atoms with van der Waals surface area (Å²) in [5.74, 6) is -0.446. The Balaban J connectivity index is 1.65. The molecule has 192 valence electrons. The number of aromatic nitrogens is 2. The Bertz CT molecular complexity index is 1380. The van der Waals surface area contributed by atoms with E-state index in [0.29, 0.717) is 52.6 Å². The van der Waals surface area contributed by atoms with Crippen molar-refractivity contribution in [3.63, 3.8) is 0 Å². The van der Waals surface area contributed by atoms with Gasteiger partial charge < -0.3 is 20.1 Å². The van der Waals surface area contributed by atoms with Gasteiger partial charge in [0.15, 0.2) is 11.6 Å². The van der Waals surface area contributed by atoms with E-state index in [-0.39, 0.29) is 11.8 Å². The predicted octanol–water partition coefficient (Wildman–Crippen LogP) is 5.22. The molecule has 0 bridgehead atoms. The number of nitrogens with one attached hydrogen (secondary N) is 2. The van der Waals surface area contributed by atoms with Crippen LogP contribution in [0, 0.1) is 11.6 Å². The summed E-state index contributed by atoms with van der Waals surface area (Å²) in [7, 11) is 3.01. The van der Waals surface area contributed by atoms with Gasteiger partial charge in [-0.15, -0.1) is 5.73 Å². The van der Waals surface area contributed by atoms with Gasteiger partial charge in [-0.05, 0) is 42.7 Å². The van der Waals surface area contributed by atoms with Gasteiger partial charge in [0.05, 0.1) is 29.8 Å². The first-order valence-corrected chi connectivity index (χ1v) is 11.9. The molecule has 2 heterocycles. The molecule has 0 spiro atoms. The van der Waals surface area contributed by atoms with Crippen LogP contribution in [0.2, 0.25) is 0 Å². The standard InChI is InChI=1S/C28H29F2N5O2/c1-5-6-24(31-3)27(18-7-8-26(36-4)23(30)13-18)33-17(2)19-14-22(29)21-16-32-28(35-25(21)15-19)34-20-9-11-37-12-10-20/h6-8,13-16,20,27,33H,1-2,9-12H2,3-4H3,(H,32,34,35)/b31-24+/t27-/m1/s1. The van der Waals surface area contributed by atoms with Gasteiger partial charge in [0, 0.05) is 49.8 Å². The highest BCUT2D eigenvalue weighted by Crippen LogP contribution is 2.27. The lowest BCUT2D eigenvalue weighted by Crippen LogP contribution is -2.28. The van der Waals surface area contributed by atoms with Crippen LogP contribution >= 0.6 is 0 Å². The van der Waals surface area contributed by atoms with E-state index in [1.807, 2.05) is 0 Å². The van der Waals surface area contributed by atoms with E-state index in [1.54, 1.807) is 25.3 Å². The average Bonchev–Trinajstić information content (AvgIpc) is 2.90. The fourth-order valence-electron chi connectivity index (χ4n) is 4.19. The van der Waals surface area contributed by atoms with Crippen LogP contribution in [0.25, 0.3) is 16.6 Å². The number of halogens is 2. The Morgan fingerprint density at radius 3 is 2.70 bits per heavy atom. The molecule has 1 fully saturated rings. The molecule has 7 nitrogen and oxygen atoms in total. The number of benzene rings is 2. The normalized spacial score (nSPS) is 15.1. The molecule has 0 saturated carbocycles. The fourth-order valence-corrected chi connectivity index (χ4v) is 4.19. The number of anilines is 1. The smallest absolute Gasteiger partial charge is 0.223 e. The Hall–Kier alpha value is -4.07. The largest absolute Gasteiger partial charge is 0.494 e. The number of methoxy groups -OCH3 is 1.